The molecule has 0 aromatic heterocycles. The summed E-state index contributed by atoms with van der Waals surface area (Å²) in [5, 5.41) is 10.7. The second-order valence-corrected chi connectivity index (χ2v) is 7.79. The van der Waals surface area contributed by atoms with Crippen LogP contribution >= 0.6 is 0 Å². The number of likely N-dealkylation sites (tertiary alicyclic amines) is 1. The van der Waals surface area contributed by atoms with Crippen LogP contribution < -0.4 is 4.72 Å². The Morgan fingerprint density at radius 2 is 1.79 bits per heavy atom. The standard InChI is InChI=1S/C17H20N2O4S/c20-17(21)12-19-9-7-15(8-10-19)18-24(22,23)16-6-5-13-3-1-2-4-14(13)11-16/h1-6,11,15,18H,7-10,12H2,(H,20,21). The number of fused-ring (bicyclic) bond motifs is 1. The first-order valence-corrected chi connectivity index (χ1v) is 9.38. The van der Waals surface area contributed by atoms with Gasteiger partial charge in [0.2, 0.25) is 10.0 Å². The monoisotopic (exact) mass is 348 g/mol. The third kappa shape index (κ3) is 3.92. The summed E-state index contributed by atoms with van der Waals surface area (Å²) in [7, 11) is -3.58. The fourth-order valence-corrected chi connectivity index (χ4v) is 4.36. The van der Waals surface area contributed by atoms with Crippen LogP contribution in [0.15, 0.2) is 47.4 Å². The highest BCUT2D eigenvalue weighted by molar-refractivity contribution is 7.89. The Balaban J connectivity index is 1.68. The van der Waals surface area contributed by atoms with E-state index in [-0.39, 0.29) is 17.5 Å². The number of benzene rings is 2. The van der Waals surface area contributed by atoms with E-state index in [1.165, 1.54) is 0 Å². The molecule has 1 aliphatic heterocycles. The van der Waals surface area contributed by atoms with Crippen LogP contribution in [0.4, 0.5) is 0 Å². The summed E-state index contributed by atoms with van der Waals surface area (Å²) in [5.74, 6) is -0.856. The van der Waals surface area contributed by atoms with Gasteiger partial charge in [0.15, 0.2) is 0 Å². The van der Waals surface area contributed by atoms with Crippen LogP contribution in [-0.2, 0) is 14.8 Å². The van der Waals surface area contributed by atoms with Crippen molar-refractivity contribution < 1.29 is 18.3 Å². The van der Waals surface area contributed by atoms with E-state index in [4.69, 9.17) is 5.11 Å². The molecule has 1 heterocycles. The Morgan fingerprint density at radius 3 is 2.46 bits per heavy atom. The quantitative estimate of drug-likeness (QED) is 0.858. The Kier molecular flexibility index (Phi) is 4.84. The van der Waals surface area contributed by atoms with Crippen LogP contribution in [0, 0.1) is 0 Å². The molecule has 0 saturated carbocycles. The lowest BCUT2D eigenvalue weighted by molar-refractivity contribution is -0.138. The van der Waals surface area contributed by atoms with Crippen molar-refractivity contribution >= 4 is 26.8 Å². The second-order valence-electron chi connectivity index (χ2n) is 6.07. The number of hydrogen-bond acceptors (Lipinski definition) is 4. The van der Waals surface area contributed by atoms with E-state index in [0.717, 1.165) is 10.8 Å². The van der Waals surface area contributed by atoms with Crippen molar-refractivity contribution in [1.82, 2.24) is 9.62 Å². The van der Waals surface area contributed by atoms with Crippen molar-refractivity contribution in [3.63, 3.8) is 0 Å². The molecule has 1 fully saturated rings. The van der Waals surface area contributed by atoms with Gasteiger partial charge in [-0.05, 0) is 35.7 Å². The minimum Gasteiger partial charge on any atom is -0.480 e. The largest absolute Gasteiger partial charge is 0.480 e. The molecule has 6 nitrogen and oxygen atoms in total. The van der Waals surface area contributed by atoms with Crippen LogP contribution in [0.5, 0.6) is 0 Å². The van der Waals surface area contributed by atoms with Crippen LogP contribution in [0.1, 0.15) is 12.8 Å². The molecule has 1 aliphatic rings. The van der Waals surface area contributed by atoms with Gasteiger partial charge in [0, 0.05) is 19.1 Å². The Labute approximate surface area is 141 Å². The number of nitrogens with zero attached hydrogens (tertiary/aromatic N) is 1. The molecule has 0 unspecified atom stereocenters. The van der Waals surface area contributed by atoms with Gasteiger partial charge >= 0.3 is 5.97 Å². The summed E-state index contributed by atoms with van der Waals surface area (Å²) in [6.45, 7) is 1.17. The summed E-state index contributed by atoms with van der Waals surface area (Å²) in [5.41, 5.74) is 0. The Bertz CT molecular complexity index is 843. The number of carboxylic acid groups (broad SMARTS) is 1. The maximum atomic E-state index is 12.6. The van der Waals surface area contributed by atoms with Gasteiger partial charge < -0.3 is 5.11 Å². The van der Waals surface area contributed by atoms with E-state index in [9.17, 15) is 13.2 Å². The van der Waals surface area contributed by atoms with Crippen molar-refractivity contribution in [1.29, 1.82) is 0 Å². The zero-order valence-corrected chi connectivity index (χ0v) is 14.0. The summed E-state index contributed by atoms with van der Waals surface area (Å²) >= 11 is 0. The third-order valence-electron chi connectivity index (χ3n) is 4.30. The minimum absolute atomic E-state index is 0.00411. The lowest BCUT2D eigenvalue weighted by Gasteiger charge is -2.31. The molecular formula is C17H20N2O4S. The minimum atomic E-state index is -3.58. The number of aliphatic carboxylic acids is 1. The summed E-state index contributed by atoms with van der Waals surface area (Å²) in [4.78, 5) is 12.8. The van der Waals surface area contributed by atoms with E-state index < -0.39 is 16.0 Å². The van der Waals surface area contributed by atoms with Crippen molar-refractivity contribution in [2.75, 3.05) is 19.6 Å². The van der Waals surface area contributed by atoms with E-state index in [2.05, 4.69) is 4.72 Å². The predicted octanol–water partition coefficient (Wildman–Crippen LogP) is 1.67. The molecule has 0 radical (unpaired) electrons. The molecule has 2 aromatic rings. The molecular weight excluding hydrogens is 328 g/mol. The first-order valence-electron chi connectivity index (χ1n) is 7.89. The van der Waals surface area contributed by atoms with Crippen LogP contribution in [0.3, 0.4) is 0 Å². The van der Waals surface area contributed by atoms with Gasteiger partial charge in [0.1, 0.15) is 0 Å². The molecule has 0 spiro atoms. The van der Waals surface area contributed by atoms with E-state index in [0.29, 0.717) is 25.9 Å². The molecule has 0 aliphatic carbocycles. The summed E-state index contributed by atoms with van der Waals surface area (Å²) in [6.07, 6.45) is 1.22. The van der Waals surface area contributed by atoms with Crippen LogP contribution in [0.2, 0.25) is 0 Å². The highest BCUT2D eigenvalue weighted by Gasteiger charge is 2.25. The molecule has 3 rings (SSSR count). The predicted molar refractivity (Wildman–Crippen MR) is 91.4 cm³/mol. The van der Waals surface area contributed by atoms with Gasteiger partial charge in [-0.2, -0.15) is 0 Å². The van der Waals surface area contributed by atoms with Gasteiger partial charge in [-0.25, -0.2) is 13.1 Å². The maximum absolute atomic E-state index is 12.6. The van der Waals surface area contributed by atoms with Gasteiger partial charge in [-0.3, -0.25) is 9.69 Å². The highest BCUT2D eigenvalue weighted by atomic mass is 32.2. The first-order chi connectivity index (χ1) is 11.4. The van der Waals surface area contributed by atoms with Gasteiger partial charge in [0.25, 0.3) is 0 Å². The zero-order chi connectivity index (χ0) is 17.2. The molecule has 2 aromatic carbocycles. The molecule has 0 amide bonds. The molecule has 128 valence electrons. The average Bonchev–Trinajstić information content (AvgIpc) is 2.55. The van der Waals surface area contributed by atoms with Gasteiger partial charge in [-0.1, -0.05) is 30.3 Å². The maximum Gasteiger partial charge on any atom is 0.317 e. The molecule has 2 N–H and O–H groups in total. The SMILES string of the molecule is O=C(O)CN1CCC(NS(=O)(=O)c2ccc3ccccc3c2)CC1. The zero-order valence-electron chi connectivity index (χ0n) is 13.2. The first kappa shape index (κ1) is 16.9. The number of sulfonamides is 1. The fourth-order valence-electron chi connectivity index (χ4n) is 3.02. The van der Waals surface area contributed by atoms with Gasteiger partial charge in [0.05, 0.1) is 11.4 Å². The molecule has 0 bridgehead atoms. The van der Waals surface area contributed by atoms with E-state index in [1.807, 2.05) is 29.2 Å². The van der Waals surface area contributed by atoms with Crippen molar-refractivity contribution in [3.05, 3.63) is 42.5 Å². The topological polar surface area (TPSA) is 86.7 Å². The number of carbonyl (C=O) groups is 1. The Morgan fingerprint density at radius 1 is 1.12 bits per heavy atom. The molecule has 7 heteroatoms. The Hall–Kier alpha value is -1.96. The number of hydrogen-bond donors (Lipinski definition) is 2. The highest BCUT2D eigenvalue weighted by Crippen LogP contribution is 2.20. The lowest BCUT2D eigenvalue weighted by Crippen LogP contribution is -2.45. The third-order valence-corrected chi connectivity index (χ3v) is 5.82. The lowest BCUT2D eigenvalue weighted by atomic mass is 10.1. The van der Waals surface area contributed by atoms with E-state index in [1.54, 1.807) is 18.2 Å². The molecule has 1 saturated heterocycles. The average molecular weight is 348 g/mol. The van der Waals surface area contributed by atoms with Crippen LogP contribution in [-0.4, -0.2) is 50.1 Å². The van der Waals surface area contributed by atoms with Crippen molar-refractivity contribution in [2.24, 2.45) is 0 Å². The number of rotatable bonds is 5. The number of piperidine rings is 1. The fraction of sp³-hybridized carbons (Fsp3) is 0.353. The van der Waals surface area contributed by atoms with Gasteiger partial charge in [-0.15, -0.1) is 0 Å². The van der Waals surface area contributed by atoms with E-state index >= 15 is 0 Å². The van der Waals surface area contributed by atoms with Crippen molar-refractivity contribution in [3.8, 4) is 0 Å². The summed E-state index contributed by atoms with van der Waals surface area (Å²) in [6, 6.07) is 12.6. The molecule has 24 heavy (non-hydrogen) atoms. The van der Waals surface area contributed by atoms with Crippen molar-refractivity contribution in [2.45, 2.75) is 23.8 Å². The second kappa shape index (κ2) is 6.88. The number of carboxylic acids is 1. The summed E-state index contributed by atoms with van der Waals surface area (Å²) < 4.78 is 27.9. The normalized spacial score (nSPS) is 17.2. The molecule has 0 atom stereocenters. The van der Waals surface area contributed by atoms with Crippen LogP contribution in [0.25, 0.3) is 10.8 Å². The number of nitrogens with one attached hydrogen (secondary N) is 1. The smallest absolute Gasteiger partial charge is 0.317 e.